The lowest BCUT2D eigenvalue weighted by Crippen LogP contribution is -2.59. The minimum Gasteiger partial charge on any atom is -0.467 e. The first-order chi connectivity index (χ1) is 10.1. The van der Waals surface area contributed by atoms with E-state index in [9.17, 15) is 4.57 Å². The maximum atomic E-state index is 12.0. The molecular weight excluding hydrogens is 291 g/mol. The quantitative estimate of drug-likeness (QED) is 0.618. The second-order valence-corrected chi connectivity index (χ2v) is 5.57. The van der Waals surface area contributed by atoms with Crippen molar-refractivity contribution in [1.82, 2.24) is 9.97 Å². The van der Waals surface area contributed by atoms with Crippen LogP contribution in [0.15, 0.2) is 12.4 Å². The number of rotatable bonds is 3. The highest BCUT2D eigenvalue weighted by Crippen LogP contribution is 2.55. The molecule has 0 bridgehead atoms. The molecule has 1 fully saturated rings. The van der Waals surface area contributed by atoms with Gasteiger partial charge in [-0.1, -0.05) is 0 Å². The van der Waals surface area contributed by atoms with Crippen LogP contribution >= 0.6 is 7.82 Å². The highest BCUT2D eigenvalue weighted by Gasteiger charge is 2.59. The SMILES string of the molecule is [2H]OP1(=O)OC[C@H]2Oc3nccnc3C(OC)(OC)[C@H]2O1. The molecule has 0 saturated carbocycles. The largest absolute Gasteiger partial charge is 0.472 e. The van der Waals surface area contributed by atoms with E-state index in [4.69, 9.17) is 24.7 Å². The molecule has 110 valence electrons. The van der Waals surface area contributed by atoms with Crippen molar-refractivity contribution in [2.75, 3.05) is 20.8 Å². The van der Waals surface area contributed by atoms with Crippen molar-refractivity contribution in [3.63, 3.8) is 0 Å². The molecule has 3 rings (SSSR count). The first-order valence-corrected chi connectivity index (χ1v) is 7.21. The third kappa shape index (κ3) is 1.95. The van der Waals surface area contributed by atoms with Gasteiger partial charge >= 0.3 is 7.82 Å². The summed E-state index contributed by atoms with van der Waals surface area (Å²) in [6.07, 6.45) is 1.19. The molecule has 2 aliphatic rings. The van der Waals surface area contributed by atoms with E-state index in [1.54, 1.807) is 0 Å². The van der Waals surface area contributed by atoms with Crippen molar-refractivity contribution in [2.45, 2.75) is 18.0 Å². The van der Waals surface area contributed by atoms with E-state index in [1.165, 1.54) is 26.6 Å². The van der Waals surface area contributed by atoms with Crippen molar-refractivity contribution in [3.05, 3.63) is 18.1 Å². The highest BCUT2D eigenvalue weighted by molar-refractivity contribution is 7.47. The number of nitrogens with zero attached hydrogens (tertiary/aromatic N) is 2. The van der Waals surface area contributed by atoms with Crippen molar-refractivity contribution in [1.29, 1.82) is 1.43 Å². The molecule has 9 nitrogen and oxygen atoms in total. The lowest BCUT2D eigenvalue weighted by molar-refractivity contribution is -0.300. The predicted molar refractivity (Wildman–Crippen MR) is 62.8 cm³/mol. The lowest BCUT2D eigenvalue weighted by atomic mass is 9.98. The second-order valence-electron chi connectivity index (χ2n) is 4.21. The Hall–Kier alpha value is -1.09. The third-order valence-corrected chi connectivity index (χ3v) is 4.17. The number of hydrogen-bond donors (Lipinski definition) is 1. The fourth-order valence-corrected chi connectivity index (χ4v) is 3.28. The molecule has 2 aliphatic heterocycles. The van der Waals surface area contributed by atoms with Gasteiger partial charge in [-0.3, -0.25) is 9.05 Å². The summed E-state index contributed by atoms with van der Waals surface area (Å²) in [6.45, 7) is -0.134. The first kappa shape index (κ1) is 12.6. The summed E-state index contributed by atoms with van der Waals surface area (Å²) in [6, 6.07) is 0. The molecule has 0 aromatic carbocycles. The monoisotopic (exact) mass is 305 g/mol. The van der Waals surface area contributed by atoms with Crippen LogP contribution in [-0.2, 0) is 28.9 Å². The molecule has 0 aliphatic carbocycles. The Morgan fingerprint density at radius 1 is 1.50 bits per heavy atom. The van der Waals surface area contributed by atoms with Gasteiger partial charge in [0.1, 0.15) is 0 Å². The standard InChI is InChI=1S/C10H13N2O7P/c1-15-10(16-2)7-9(12-4-3-11-7)18-6-5-17-20(13,14)19-8(6)10/h3-4,6,8H,5H2,1-2H3,(H,13,14)/t6-,8+/m1/s1/i/hD. The van der Waals surface area contributed by atoms with Crippen LogP contribution in [0.1, 0.15) is 5.69 Å². The van der Waals surface area contributed by atoms with Gasteiger partial charge in [0.25, 0.3) is 0 Å². The fraction of sp³-hybridized carbons (Fsp3) is 0.600. The molecule has 1 aromatic heterocycles. The maximum Gasteiger partial charge on any atom is 0.472 e. The van der Waals surface area contributed by atoms with E-state index < -0.39 is 25.8 Å². The minimum atomic E-state index is -4.02. The maximum absolute atomic E-state index is 12.0. The molecule has 1 aromatic rings. The van der Waals surface area contributed by atoms with Gasteiger partial charge < -0.3 is 19.1 Å². The Morgan fingerprint density at radius 2 is 2.25 bits per heavy atom. The van der Waals surface area contributed by atoms with Gasteiger partial charge in [-0.15, -0.1) is 0 Å². The summed E-state index contributed by atoms with van der Waals surface area (Å²) in [5.41, 5.74) is 0.245. The van der Waals surface area contributed by atoms with Crippen molar-refractivity contribution in [2.24, 2.45) is 0 Å². The topological polar surface area (TPSA) is 109 Å². The summed E-state index contributed by atoms with van der Waals surface area (Å²) >= 11 is 0. The number of hydrogen-bond acceptors (Lipinski definition) is 9. The molecular formula is C10H13N2O7P. The zero-order valence-corrected chi connectivity index (χ0v) is 11.6. The molecule has 10 heteroatoms. The van der Waals surface area contributed by atoms with E-state index in [-0.39, 0.29) is 18.2 Å². The molecule has 1 saturated heterocycles. The molecule has 1 N–H and O–H groups in total. The summed E-state index contributed by atoms with van der Waals surface area (Å²) < 4.78 is 45.5. The molecule has 3 heterocycles. The number of fused-ring (bicyclic) bond motifs is 2. The molecule has 3 atom stereocenters. The molecule has 0 spiro atoms. The van der Waals surface area contributed by atoms with Gasteiger partial charge in [-0.2, -0.15) is 0 Å². The van der Waals surface area contributed by atoms with Gasteiger partial charge in [0, 0.05) is 26.6 Å². The van der Waals surface area contributed by atoms with Gasteiger partial charge in [0.15, 0.2) is 17.9 Å². The molecule has 1 unspecified atom stereocenters. The Morgan fingerprint density at radius 3 is 2.95 bits per heavy atom. The highest BCUT2D eigenvalue weighted by atomic mass is 31.2. The average Bonchev–Trinajstić information content (AvgIpc) is 2.53. The van der Waals surface area contributed by atoms with Crippen LogP contribution in [0.2, 0.25) is 0 Å². The second kappa shape index (κ2) is 4.73. The normalized spacial score (nSPS) is 35.4. The summed E-state index contributed by atoms with van der Waals surface area (Å²) in [4.78, 5) is 12.3. The van der Waals surface area contributed by atoms with Crippen LogP contribution < -0.4 is 4.74 Å². The molecule has 0 radical (unpaired) electrons. The van der Waals surface area contributed by atoms with Crippen LogP contribution in [0.3, 0.4) is 0 Å². The van der Waals surface area contributed by atoms with E-state index >= 15 is 0 Å². The van der Waals surface area contributed by atoms with Gasteiger partial charge in [-0.25, -0.2) is 14.5 Å². The van der Waals surface area contributed by atoms with Gasteiger partial charge in [0.2, 0.25) is 13.1 Å². The predicted octanol–water partition coefficient (Wildman–Crippen LogP) is 0.199. The molecule has 0 amide bonds. The number of aromatic nitrogens is 2. The van der Waals surface area contributed by atoms with E-state index in [0.29, 0.717) is 0 Å². The number of phosphoric ester groups is 1. The Kier molecular flexibility index (Phi) is 2.99. The van der Waals surface area contributed by atoms with Crippen molar-refractivity contribution < 1.29 is 32.7 Å². The van der Waals surface area contributed by atoms with Crippen LogP contribution in [0, 0.1) is 0 Å². The van der Waals surface area contributed by atoms with E-state index in [2.05, 4.69) is 14.9 Å². The third-order valence-electron chi connectivity index (χ3n) is 3.22. The van der Waals surface area contributed by atoms with Gasteiger partial charge in [0.05, 0.1) is 6.61 Å². The number of ether oxygens (including phenoxy) is 3. The number of phosphoric acid groups is 1. The summed E-state index contributed by atoms with van der Waals surface area (Å²) in [7, 11) is -1.25. The zero-order chi connectivity index (χ0) is 15.1. The average molecular weight is 305 g/mol. The summed E-state index contributed by atoms with van der Waals surface area (Å²) in [5, 5.41) is 0. The minimum absolute atomic E-state index is 0.134. The Labute approximate surface area is 115 Å². The lowest BCUT2D eigenvalue weighted by Gasteiger charge is -2.46. The van der Waals surface area contributed by atoms with Gasteiger partial charge in [-0.05, 0) is 0 Å². The molecule has 20 heavy (non-hydrogen) atoms. The van der Waals surface area contributed by atoms with Crippen LogP contribution in [0.4, 0.5) is 0 Å². The first-order valence-electron chi connectivity index (χ1n) is 6.15. The van der Waals surface area contributed by atoms with E-state index in [0.717, 1.165) is 0 Å². The van der Waals surface area contributed by atoms with Crippen molar-refractivity contribution in [3.8, 4) is 5.88 Å². The van der Waals surface area contributed by atoms with Crippen LogP contribution in [0.25, 0.3) is 0 Å². The fourth-order valence-electron chi connectivity index (χ4n) is 2.34. The van der Waals surface area contributed by atoms with Crippen molar-refractivity contribution >= 4 is 7.82 Å². The number of methoxy groups -OCH3 is 2. The Balaban J connectivity index is 2.09. The van der Waals surface area contributed by atoms with E-state index in [1.807, 2.05) is 0 Å². The van der Waals surface area contributed by atoms with Crippen LogP contribution in [-0.4, -0.2) is 49.3 Å². The summed E-state index contributed by atoms with van der Waals surface area (Å²) in [5.74, 6) is -1.29. The smallest absolute Gasteiger partial charge is 0.467 e. The zero-order valence-electron chi connectivity index (χ0n) is 11.7. The van der Waals surface area contributed by atoms with Crippen LogP contribution in [0.5, 0.6) is 5.88 Å². The Bertz CT molecular complexity index is 584.